The van der Waals surface area contributed by atoms with Crippen LogP contribution in [0.4, 0.5) is 8.78 Å². The van der Waals surface area contributed by atoms with Gasteiger partial charge >= 0.3 is 0 Å². The summed E-state index contributed by atoms with van der Waals surface area (Å²) in [5.74, 6) is -2.53. The largest absolute Gasteiger partial charge is 0.299 e. The van der Waals surface area contributed by atoms with Gasteiger partial charge in [0, 0.05) is 12.8 Å². The van der Waals surface area contributed by atoms with Gasteiger partial charge in [-0.1, -0.05) is 19.1 Å². The van der Waals surface area contributed by atoms with E-state index in [1.54, 1.807) is 0 Å². The summed E-state index contributed by atoms with van der Waals surface area (Å²) in [4.78, 5) is 22.7. The SMILES string of the molecule is CCCC(=O)CC(=O)Cc1cccc(F)c1F. The number of hydrogen-bond donors (Lipinski definition) is 0. The molecule has 0 fully saturated rings. The molecule has 0 heterocycles. The number of carbonyl (C=O) groups excluding carboxylic acids is 2. The quantitative estimate of drug-likeness (QED) is 0.716. The molecule has 0 radical (unpaired) electrons. The highest BCUT2D eigenvalue weighted by Gasteiger charge is 2.14. The molecule has 92 valence electrons. The van der Waals surface area contributed by atoms with Crippen molar-refractivity contribution in [2.45, 2.75) is 32.6 Å². The van der Waals surface area contributed by atoms with Gasteiger partial charge in [0.05, 0.1) is 6.42 Å². The molecule has 0 saturated carbocycles. The van der Waals surface area contributed by atoms with E-state index in [0.29, 0.717) is 12.8 Å². The molecular weight excluding hydrogens is 226 g/mol. The van der Waals surface area contributed by atoms with Crippen molar-refractivity contribution >= 4 is 11.6 Å². The lowest BCUT2D eigenvalue weighted by Crippen LogP contribution is -2.11. The third kappa shape index (κ3) is 4.06. The number of hydrogen-bond acceptors (Lipinski definition) is 2. The van der Waals surface area contributed by atoms with Crippen LogP contribution in [0.2, 0.25) is 0 Å². The highest BCUT2D eigenvalue weighted by Crippen LogP contribution is 2.13. The Morgan fingerprint density at radius 2 is 1.88 bits per heavy atom. The van der Waals surface area contributed by atoms with Gasteiger partial charge in [-0.2, -0.15) is 0 Å². The van der Waals surface area contributed by atoms with Gasteiger partial charge < -0.3 is 0 Å². The summed E-state index contributed by atoms with van der Waals surface area (Å²) in [7, 11) is 0. The molecule has 0 amide bonds. The summed E-state index contributed by atoms with van der Waals surface area (Å²) in [5.41, 5.74) is -0.000650. The van der Waals surface area contributed by atoms with Crippen molar-refractivity contribution in [2.75, 3.05) is 0 Å². The van der Waals surface area contributed by atoms with E-state index in [4.69, 9.17) is 0 Å². The zero-order valence-corrected chi connectivity index (χ0v) is 9.63. The van der Waals surface area contributed by atoms with E-state index in [-0.39, 0.29) is 30.0 Å². The van der Waals surface area contributed by atoms with Gasteiger partial charge in [0.25, 0.3) is 0 Å². The molecular formula is C13H14F2O2. The third-order valence-electron chi connectivity index (χ3n) is 2.34. The number of halogens is 2. The first-order valence-corrected chi connectivity index (χ1v) is 5.51. The van der Waals surface area contributed by atoms with Crippen LogP contribution >= 0.6 is 0 Å². The van der Waals surface area contributed by atoms with E-state index < -0.39 is 11.6 Å². The molecule has 0 spiro atoms. The molecule has 0 aliphatic rings. The van der Waals surface area contributed by atoms with E-state index in [1.165, 1.54) is 12.1 Å². The molecule has 0 saturated heterocycles. The maximum Gasteiger partial charge on any atom is 0.162 e. The van der Waals surface area contributed by atoms with Crippen LogP contribution in [-0.2, 0) is 16.0 Å². The minimum absolute atomic E-state index is 0.000650. The summed E-state index contributed by atoms with van der Waals surface area (Å²) in [6, 6.07) is 3.68. The van der Waals surface area contributed by atoms with E-state index >= 15 is 0 Å². The van der Waals surface area contributed by atoms with Gasteiger partial charge in [-0.3, -0.25) is 9.59 Å². The smallest absolute Gasteiger partial charge is 0.162 e. The van der Waals surface area contributed by atoms with Crippen LogP contribution in [-0.4, -0.2) is 11.6 Å². The zero-order chi connectivity index (χ0) is 12.8. The first-order valence-electron chi connectivity index (χ1n) is 5.51. The minimum Gasteiger partial charge on any atom is -0.299 e. The van der Waals surface area contributed by atoms with Gasteiger partial charge in [-0.15, -0.1) is 0 Å². The van der Waals surface area contributed by atoms with Crippen LogP contribution in [0, 0.1) is 11.6 Å². The second kappa shape index (κ2) is 6.23. The second-order valence-electron chi connectivity index (χ2n) is 3.89. The molecule has 0 unspecified atom stereocenters. The Morgan fingerprint density at radius 1 is 1.18 bits per heavy atom. The maximum absolute atomic E-state index is 13.2. The fraction of sp³-hybridized carbons (Fsp3) is 0.385. The van der Waals surface area contributed by atoms with Gasteiger partial charge in [-0.05, 0) is 18.1 Å². The molecule has 1 rings (SSSR count). The molecule has 1 aromatic carbocycles. The topological polar surface area (TPSA) is 34.1 Å². The Labute approximate surface area is 98.6 Å². The Morgan fingerprint density at radius 3 is 2.53 bits per heavy atom. The molecule has 0 bridgehead atoms. The predicted molar refractivity (Wildman–Crippen MR) is 59.6 cm³/mol. The summed E-state index contributed by atoms with van der Waals surface area (Å²) in [6.07, 6.45) is 0.584. The fourth-order valence-electron chi connectivity index (χ4n) is 1.55. The van der Waals surface area contributed by atoms with E-state index in [1.807, 2.05) is 6.92 Å². The van der Waals surface area contributed by atoms with Crippen LogP contribution in [0.1, 0.15) is 31.7 Å². The van der Waals surface area contributed by atoms with E-state index in [2.05, 4.69) is 0 Å². The maximum atomic E-state index is 13.2. The molecule has 0 aliphatic heterocycles. The molecule has 2 nitrogen and oxygen atoms in total. The van der Waals surface area contributed by atoms with Gasteiger partial charge in [0.2, 0.25) is 0 Å². The van der Waals surface area contributed by atoms with Crippen LogP contribution < -0.4 is 0 Å². The lowest BCUT2D eigenvalue weighted by molar-refractivity contribution is -0.126. The molecule has 1 aromatic rings. The molecule has 0 aromatic heterocycles. The second-order valence-corrected chi connectivity index (χ2v) is 3.89. The Balaban J connectivity index is 2.62. The van der Waals surface area contributed by atoms with Crippen molar-refractivity contribution in [3.8, 4) is 0 Å². The van der Waals surface area contributed by atoms with Crippen molar-refractivity contribution < 1.29 is 18.4 Å². The number of ketones is 2. The van der Waals surface area contributed by atoms with E-state index in [0.717, 1.165) is 6.07 Å². The fourth-order valence-corrected chi connectivity index (χ4v) is 1.55. The average Bonchev–Trinajstić information content (AvgIpc) is 2.25. The average molecular weight is 240 g/mol. The lowest BCUT2D eigenvalue weighted by atomic mass is 10.0. The highest BCUT2D eigenvalue weighted by molar-refractivity contribution is 5.99. The molecule has 0 N–H and O–H groups in total. The number of Topliss-reactive ketones (excluding diaryl/α,β-unsaturated/α-hetero) is 2. The summed E-state index contributed by atoms with van der Waals surface area (Å²) < 4.78 is 26.1. The normalized spacial score (nSPS) is 10.3. The number of carbonyl (C=O) groups is 2. The lowest BCUT2D eigenvalue weighted by Gasteiger charge is -2.03. The number of benzene rings is 1. The predicted octanol–water partition coefficient (Wildman–Crippen LogP) is 2.84. The monoisotopic (exact) mass is 240 g/mol. The summed E-state index contributed by atoms with van der Waals surface area (Å²) >= 11 is 0. The van der Waals surface area contributed by atoms with Crippen molar-refractivity contribution in [3.63, 3.8) is 0 Å². The Kier molecular flexibility index (Phi) is 4.94. The van der Waals surface area contributed by atoms with Crippen molar-refractivity contribution in [1.29, 1.82) is 0 Å². The van der Waals surface area contributed by atoms with Crippen LogP contribution in [0.15, 0.2) is 18.2 Å². The molecule has 0 aliphatic carbocycles. The highest BCUT2D eigenvalue weighted by atomic mass is 19.2. The van der Waals surface area contributed by atoms with Crippen molar-refractivity contribution in [2.24, 2.45) is 0 Å². The zero-order valence-electron chi connectivity index (χ0n) is 9.63. The molecule has 0 atom stereocenters. The summed E-state index contributed by atoms with van der Waals surface area (Å²) in [5, 5.41) is 0. The first kappa shape index (κ1) is 13.5. The first-order chi connectivity index (χ1) is 8.04. The minimum atomic E-state index is -1.01. The Bertz CT molecular complexity index is 427. The molecule has 4 heteroatoms. The number of rotatable bonds is 6. The van der Waals surface area contributed by atoms with Crippen LogP contribution in [0.3, 0.4) is 0 Å². The summed E-state index contributed by atoms with van der Waals surface area (Å²) in [6.45, 7) is 1.84. The third-order valence-corrected chi connectivity index (χ3v) is 2.34. The van der Waals surface area contributed by atoms with Gasteiger partial charge in [0.1, 0.15) is 11.6 Å². The Hall–Kier alpha value is -1.58. The van der Waals surface area contributed by atoms with Gasteiger partial charge in [-0.25, -0.2) is 8.78 Å². The van der Waals surface area contributed by atoms with Crippen LogP contribution in [0.25, 0.3) is 0 Å². The van der Waals surface area contributed by atoms with Crippen molar-refractivity contribution in [1.82, 2.24) is 0 Å². The molecule has 17 heavy (non-hydrogen) atoms. The van der Waals surface area contributed by atoms with Gasteiger partial charge in [0.15, 0.2) is 11.6 Å². The standard InChI is InChI=1S/C13H14F2O2/c1-2-4-10(16)8-11(17)7-9-5-3-6-12(14)13(9)15/h3,5-6H,2,4,7-8H2,1H3. The van der Waals surface area contributed by atoms with E-state index in [9.17, 15) is 18.4 Å². The van der Waals surface area contributed by atoms with Crippen molar-refractivity contribution in [3.05, 3.63) is 35.4 Å². The van der Waals surface area contributed by atoms with Crippen LogP contribution in [0.5, 0.6) is 0 Å².